The van der Waals surface area contributed by atoms with E-state index in [0.29, 0.717) is 31.7 Å². The van der Waals surface area contributed by atoms with Crippen LogP contribution in [0.2, 0.25) is 0 Å². The Morgan fingerprint density at radius 3 is 2.48 bits per heavy atom. The SMILES string of the molecule is CNC(=O)C1(Nc2cccc(OC)c2)CCN(C(=O)CCS(C)(=O)=O)CC1. The van der Waals surface area contributed by atoms with Crippen LogP contribution in [0, 0.1) is 0 Å². The Morgan fingerprint density at radius 2 is 1.93 bits per heavy atom. The van der Waals surface area contributed by atoms with Crippen LogP contribution in [0.3, 0.4) is 0 Å². The number of nitrogens with one attached hydrogen (secondary N) is 2. The highest BCUT2D eigenvalue weighted by Crippen LogP contribution is 2.29. The third-order valence-corrected chi connectivity index (χ3v) is 5.72. The summed E-state index contributed by atoms with van der Waals surface area (Å²) in [6.07, 6.45) is 1.93. The molecule has 2 N–H and O–H groups in total. The number of benzene rings is 1. The average Bonchev–Trinajstić information content (AvgIpc) is 2.65. The summed E-state index contributed by atoms with van der Waals surface area (Å²) in [7, 11) is -0.0193. The Balaban J connectivity index is 2.08. The number of hydrogen-bond donors (Lipinski definition) is 2. The lowest BCUT2D eigenvalue weighted by Crippen LogP contribution is -2.58. The molecule has 0 aromatic heterocycles. The van der Waals surface area contributed by atoms with Crippen molar-refractivity contribution in [1.82, 2.24) is 10.2 Å². The maximum atomic E-state index is 12.6. The molecule has 9 heteroatoms. The van der Waals surface area contributed by atoms with E-state index in [-0.39, 0.29) is 24.0 Å². The quantitative estimate of drug-likeness (QED) is 0.700. The number of nitrogens with zero attached hydrogens (tertiary/aromatic N) is 1. The first-order valence-electron chi connectivity index (χ1n) is 8.79. The van der Waals surface area contributed by atoms with E-state index in [1.54, 1.807) is 19.1 Å². The zero-order valence-electron chi connectivity index (χ0n) is 15.9. The summed E-state index contributed by atoms with van der Waals surface area (Å²) in [6, 6.07) is 7.33. The Hall–Kier alpha value is -2.29. The fourth-order valence-corrected chi connectivity index (χ4v) is 3.74. The van der Waals surface area contributed by atoms with E-state index in [1.807, 2.05) is 24.3 Å². The Labute approximate surface area is 160 Å². The number of amides is 2. The van der Waals surface area contributed by atoms with Gasteiger partial charge in [0.25, 0.3) is 0 Å². The van der Waals surface area contributed by atoms with Crippen molar-refractivity contribution in [3.63, 3.8) is 0 Å². The zero-order valence-corrected chi connectivity index (χ0v) is 16.8. The number of hydrogen-bond acceptors (Lipinski definition) is 6. The number of piperidine rings is 1. The summed E-state index contributed by atoms with van der Waals surface area (Å²) in [6.45, 7) is 0.764. The van der Waals surface area contributed by atoms with Gasteiger partial charge in [-0.2, -0.15) is 0 Å². The van der Waals surface area contributed by atoms with Crippen molar-refractivity contribution < 1.29 is 22.7 Å². The predicted octanol–water partition coefficient (Wildman–Crippen LogP) is 0.649. The van der Waals surface area contributed by atoms with Crippen molar-refractivity contribution in [2.24, 2.45) is 0 Å². The number of sulfone groups is 1. The number of rotatable bonds is 7. The van der Waals surface area contributed by atoms with E-state index in [0.717, 1.165) is 11.9 Å². The highest BCUT2D eigenvalue weighted by molar-refractivity contribution is 7.90. The maximum absolute atomic E-state index is 12.6. The summed E-state index contributed by atoms with van der Waals surface area (Å²) < 4.78 is 27.7. The molecule has 0 bridgehead atoms. The van der Waals surface area contributed by atoms with E-state index in [2.05, 4.69) is 10.6 Å². The van der Waals surface area contributed by atoms with Crippen LogP contribution < -0.4 is 15.4 Å². The minimum atomic E-state index is -3.18. The van der Waals surface area contributed by atoms with Gasteiger partial charge in [-0.15, -0.1) is 0 Å². The second-order valence-corrected chi connectivity index (χ2v) is 9.04. The van der Waals surface area contributed by atoms with Crippen LogP contribution >= 0.6 is 0 Å². The highest BCUT2D eigenvalue weighted by atomic mass is 32.2. The number of likely N-dealkylation sites (N-methyl/N-ethyl adjacent to an activating group) is 1. The third kappa shape index (κ3) is 5.59. The molecule has 1 heterocycles. The number of carbonyl (C=O) groups excluding carboxylic acids is 2. The van der Waals surface area contributed by atoms with Crippen molar-refractivity contribution in [3.05, 3.63) is 24.3 Å². The number of methoxy groups -OCH3 is 1. The molecule has 1 fully saturated rings. The summed E-state index contributed by atoms with van der Waals surface area (Å²) in [5, 5.41) is 6.01. The van der Waals surface area contributed by atoms with Gasteiger partial charge in [0.2, 0.25) is 11.8 Å². The Morgan fingerprint density at radius 1 is 1.26 bits per heavy atom. The van der Waals surface area contributed by atoms with Gasteiger partial charge in [0.05, 0.1) is 12.9 Å². The molecule has 0 spiro atoms. The molecule has 1 aromatic carbocycles. The summed E-state index contributed by atoms with van der Waals surface area (Å²) in [5.41, 5.74) is -0.0795. The molecular weight excluding hydrogens is 370 g/mol. The molecule has 0 saturated carbocycles. The van der Waals surface area contributed by atoms with Gasteiger partial charge < -0.3 is 20.3 Å². The lowest BCUT2D eigenvalue weighted by molar-refractivity contribution is -0.135. The minimum Gasteiger partial charge on any atom is -0.497 e. The van der Waals surface area contributed by atoms with Crippen LogP contribution in [0.1, 0.15) is 19.3 Å². The lowest BCUT2D eigenvalue weighted by atomic mass is 9.86. The summed E-state index contributed by atoms with van der Waals surface area (Å²) in [4.78, 5) is 26.5. The second-order valence-electron chi connectivity index (χ2n) is 6.78. The van der Waals surface area contributed by atoms with Crippen LogP contribution in [-0.2, 0) is 19.4 Å². The van der Waals surface area contributed by atoms with Crippen LogP contribution in [0.15, 0.2) is 24.3 Å². The largest absolute Gasteiger partial charge is 0.497 e. The van der Waals surface area contributed by atoms with Crippen molar-refractivity contribution in [3.8, 4) is 5.75 Å². The first-order valence-corrected chi connectivity index (χ1v) is 10.8. The van der Waals surface area contributed by atoms with Crippen LogP contribution in [0.4, 0.5) is 5.69 Å². The Bertz CT molecular complexity index is 786. The van der Waals surface area contributed by atoms with E-state index < -0.39 is 15.4 Å². The van der Waals surface area contributed by atoms with Crippen molar-refractivity contribution in [1.29, 1.82) is 0 Å². The van der Waals surface area contributed by atoms with E-state index in [1.165, 1.54) is 0 Å². The molecule has 2 amide bonds. The molecule has 0 radical (unpaired) electrons. The maximum Gasteiger partial charge on any atom is 0.245 e. The van der Waals surface area contributed by atoms with Crippen LogP contribution in [-0.4, -0.2) is 69.9 Å². The molecule has 27 heavy (non-hydrogen) atoms. The summed E-state index contributed by atoms with van der Waals surface area (Å²) in [5.74, 6) is 0.173. The van der Waals surface area contributed by atoms with E-state index in [9.17, 15) is 18.0 Å². The fraction of sp³-hybridized carbons (Fsp3) is 0.556. The topological polar surface area (TPSA) is 105 Å². The number of ether oxygens (including phenoxy) is 1. The summed E-state index contributed by atoms with van der Waals surface area (Å²) >= 11 is 0. The molecule has 1 aliphatic rings. The molecule has 1 saturated heterocycles. The first kappa shape index (κ1) is 21.0. The van der Waals surface area contributed by atoms with E-state index >= 15 is 0 Å². The standard InChI is InChI=1S/C18H27N3O5S/c1-19-17(23)18(20-14-5-4-6-15(13-14)26-2)8-10-21(11-9-18)16(22)7-12-27(3,24)25/h4-6,13,20H,7-12H2,1-3H3,(H,19,23). The number of anilines is 1. The van der Waals surface area contributed by atoms with Crippen LogP contribution in [0.5, 0.6) is 5.75 Å². The van der Waals surface area contributed by atoms with Crippen LogP contribution in [0.25, 0.3) is 0 Å². The third-order valence-electron chi connectivity index (χ3n) is 4.77. The molecule has 1 aliphatic heterocycles. The molecule has 1 aromatic rings. The van der Waals surface area contributed by atoms with Gasteiger partial charge >= 0.3 is 0 Å². The van der Waals surface area contributed by atoms with Crippen molar-refractivity contribution >= 4 is 27.3 Å². The highest BCUT2D eigenvalue weighted by Gasteiger charge is 2.41. The molecule has 8 nitrogen and oxygen atoms in total. The predicted molar refractivity (Wildman–Crippen MR) is 104 cm³/mol. The van der Waals surface area contributed by atoms with Gasteiger partial charge in [0.15, 0.2) is 0 Å². The van der Waals surface area contributed by atoms with Gasteiger partial charge in [-0.1, -0.05) is 6.07 Å². The van der Waals surface area contributed by atoms with Gasteiger partial charge in [0.1, 0.15) is 21.1 Å². The molecule has 0 unspecified atom stereocenters. The second kappa shape index (κ2) is 8.60. The van der Waals surface area contributed by atoms with E-state index in [4.69, 9.17) is 4.74 Å². The molecule has 2 rings (SSSR count). The van der Waals surface area contributed by atoms with Gasteiger partial charge in [0, 0.05) is 44.6 Å². The van der Waals surface area contributed by atoms with Gasteiger partial charge in [-0.25, -0.2) is 8.42 Å². The average molecular weight is 397 g/mol. The minimum absolute atomic E-state index is 0.0326. The number of carbonyl (C=O) groups is 2. The first-order chi connectivity index (χ1) is 12.7. The molecule has 150 valence electrons. The lowest BCUT2D eigenvalue weighted by Gasteiger charge is -2.41. The molecular formula is C18H27N3O5S. The van der Waals surface area contributed by atoms with Gasteiger partial charge in [-0.05, 0) is 25.0 Å². The molecule has 0 atom stereocenters. The normalized spacial score (nSPS) is 16.5. The zero-order chi connectivity index (χ0) is 20.1. The fourth-order valence-electron chi connectivity index (χ4n) is 3.19. The van der Waals surface area contributed by atoms with Gasteiger partial charge in [-0.3, -0.25) is 9.59 Å². The van der Waals surface area contributed by atoms with Crippen molar-refractivity contribution in [2.45, 2.75) is 24.8 Å². The molecule has 0 aliphatic carbocycles. The monoisotopic (exact) mass is 397 g/mol. The number of likely N-dealkylation sites (tertiary alicyclic amines) is 1. The smallest absolute Gasteiger partial charge is 0.245 e. The van der Waals surface area contributed by atoms with Crippen molar-refractivity contribution in [2.75, 3.05) is 44.6 Å². The Kier molecular flexibility index (Phi) is 6.69.